The van der Waals surface area contributed by atoms with Crippen molar-refractivity contribution in [3.8, 4) is 0 Å². The quantitative estimate of drug-likeness (QED) is 0.0164. The largest absolute Gasteiger partial charge is 0.480 e. The van der Waals surface area contributed by atoms with Crippen molar-refractivity contribution < 1.29 is 54.4 Å². The standard InChI is InChI=1S/C44H54N6O10S2/c1-2-33(3-4-34-7-11-37(12-8-34)49(21-25-51)22-26-52)15-18-45-29-41(55)46-39(43(57)58)31-61-62-32-40(44(59)60)47-42(56)30-48-19-16-36(17-20-48)6-5-35-9-13-38(14-10-35)50(23-27-53)24-28-54/h2-20,39-40,51-54H,1,21-32H2,(H3-,46,47,55,56,57,58,59,60)/p+1. The average molecular weight is 892 g/mol. The minimum absolute atomic E-state index is 0.0201. The fourth-order valence-corrected chi connectivity index (χ4v) is 7.89. The highest BCUT2D eigenvalue weighted by molar-refractivity contribution is 8.76. The second-order valence-corrected chi connectivity index (χ2v) is 15.9. The molecule has 18 heteroatoms. The molecule has 0 spiro atoms. The predicted molar refractivity (Wildman–Crippen MR) is 246 cm³/mol. The van der Waals surface area contributed by atoms with E-state index in [1.165, 1.54) is 6.21 Å². The fraction of sp³-hybridized carbons (Fsp3) is 0.318. The number of nitrogens with zero attached hydrogens (tertiary/aromatic N) is 4. The van der Waals surface area contributed by atoms with Gasteiger partial charge in [0.1, 0.15) is 18.6 Å². The van der Waals surface area contributed by atoms with Crippen molar-refractivity contribution in [3.05, 3.63) is 120 Å². The molecule has 1 heterocycles. The Labute approximate surface area is 369 Å². The number of allylic oxidation sites excluding steroid dienone is 4. The SMILES string of the molecule is C=CC(C=Cc1ccc(N(CCO)CCO)cc1)=CC=NCC(=O)NC(CSSCC(NC(=O)C[n+]1ccc(C=Cc2ccc(N(CCO)CCO)cc2)cc1)C(=O)O)C(=O)O. The van der Waals surface area contributed by atoms with Gasteiger partial charge in [-0.15, -0.1) is 0 Å². The van der Waals surface area contributed by atoms with Crippen LogP contribution in [-0.2, 0) is 25.7 Å². The summed E-state index contributed by atoms with van der Waals surface area (Å²) in [6.07, 6.45) is 15.6. The molecule has 0 bridgehead atoms. The molecule has 2 unspecified atom stereocenters. The van der Waals surface area contributed by atoms with Crippen LogP contribution >= 0.6 is 21.6 Å². The zero-order chi connectivity index (χ0) is 45.1. The first-order chi connectivity index (χ1) is 30.0. The van der Waals surface area contributed by atoms with Gasteiger partial charge in [-0.3, -0.25) is 14.6 Å². The molecule has 332 valence electrons. The lowest BCUT2D eigenvalue weighted by molar-refractivity contribution is -0.684. The topological polar surface area (TPSA) is 236 Å². The molecule has 2 atom stereocenters. The number of aliphatic imine (C=N–C) groups is 1. The van der Waals surface area contributed by atoms with Gasteiger partial charge < -0.3 is 51.1 Å². The highest BCUT2D eigenvalue weighted by Gasteiger charge is 2.24. The first-order valence-corrected chi connectivity index (χ1v) is 22.1. The van der Waals surface area contributed by atoms with E-state index in [-0.39, 0.29) is 51.0 Å². The van der Waals surface area contributed by atoms with E-state index in [0.717, 1.165) is 49.7 Å². The van der Waals surface area contributed by atoms with Crippen molar-refractivity contribution in [3.63, 3.8) is 0 Å². The maximum Gasteiger partial charge on any atom is 0.327 e. The number of rotatable bonds is 29. The van der Waals surface area contributed by atoms with Crippen LogP contribution in [0.25, 0.3) is 18.2 Å². The van der Waals surface area contributed by atoms with Crippen LogP contribution < -0.4 is 25.0 Å². The van der Waals surface area contributed by atoms with Crippen molar-refractivity contribution >= 4 is 81.2 Å². The monoisotopic (exact) mass is 891 g/mol. The second kappa shape index (κ2) is 28.7. The van der Waals surface area contributed by atoms with Gasteiger partial charge in [0.15, 0.2) is 12.4 Å². The predicted octanol–water partition coefficient (Wildman–Crippen LogP) is 2.14. The summed E-state index contributed by atoms with van der Waals surface area (Å²) in [6, 6.07) is 16.4. The summed E-state index contributed by atoms with van der Waals surface area (Å²) in [5.74, 6) is -3.79. The molecule has 0 fully saturated rings. The van der Waals surface area contributed by atoms with Gasteiger partial charge in [0.05, 0.1) is 26.4 Å². The Morgan fingerprint density at radius 3 is 1.53 bits per heavy atom. The molecule has 1 aromatic heterocycles. The first kappa shape index (κ1) is 50.6. The Bertz CT molecular complexity index is 1980. The number of pyridine rings is 1. The van der Waals surface area contributed by atoms with Crippen molar-refractivity contribution in [1.82, 2.24) is 10.6 Å². The number of nitrogens with one attached hydrogen (secondary N) is 2. The summed E-state index contributed by atoms with van der Waals surface area (Å²) in [7, 11) is 2.10. The Morgan fingerprint density at radius 1 is 0.661 bits per heavy atom. The van der Waals surface area contributed by atoms with E-state index in [2.05, 4.69) is 22.2 Å². The maximum atomic E-state index is 12.7. The molecule has 2 amide bonds. The molecule has 0 aliphatic carbocycles. The van der Waals surface area contributed by atoms with E-state index in [1.807, 2.05) is 88.7 Å². The molecular formula is C44H55N6O10S2+. The van der Waals surface area contributed by atoms with E-state index < -0.39 is 35.8 Å². The van der Waals surface area contributed by atoms with Crippen molar-refractivity contribution in [2.75, 3.05) is 80.5 Å². The van der Waals surface area contributed by atoms with Crippen molar-refractivity contribution in [1.29, 1.82) is 0 Å². The lowest BCUT2D eigenvalue weighted by atomic mass is 10.1. The summed E-state index contributed by atoms with van der Waals surface area (Å²) < 4.78 is 1.60. The van der Waals surface area contributed by atoms with Crippen LogP contribution in [0.1, 0.15) is 16.7 Å². The normalized spacial score (nSPS) is 12.7. The molecule has 62 heavy (non-hydrogen) atoms. The van der Waals surface area contributed by atoms with E-state index >= 15 is 0 Å². The number of anilines is 2. The highest BCUT2D eigenvalue weighted by Crippen LogP contribution is 2.23. The number of hydrogen-bond acceptors (Lipinski definition) is 13. The third-order valence-corrected chi connectivity index (χ3v) is 11.3. The molecule has 2 aromatic carbocycles. The number of aliphatic carboxylic acids is 2. The number of aliphatic hydroxyl groups excluding tert-OH is 4. The summed E-state index contributed by atoms with van der Waals surface area (Å²) >= 11 is 0. The molecule has 3 aromatic rings. The van der Waals surface area contributed by atoms with Crippen LogP contribution in [0.4, 0.5) is 11.4 Å². The van der Waals surface area contributed by atoms with E-state index in [9.17, 15) is 49.8 Å². The van der Waals surface area contributed by atoms with Gasteiger partial charge in [0.2, 0.25) is 12.5 Å². The van der Waals surface area contributed by atoms with Crippen LogP contribution in [0.15, 0.2) is 108 Å². The first-order valence-electron chi connectivity index (χ1n) is 19.6. The molecule has 0 saturated carbocycles. The van der Waals surface area contributed by atoms with Gasteiger partial charge in [-0.2, -0.15) is 4.57 Å². The zero-order valence-electron chi connectivity index (χ0n) is 34.2. The van der Waals surface area contributed by atoms with E-state index in [0.29, 0.717) is 31.8 Å². The number of amides is 2. The minimum Gasteiger partial charge on any atom is -0.480 e. The Balaban J connectivity index is 1.42. The smallest absolute Gasteiger partial charge is 0.327 e. The average Bonchev–Trinajstić information content (AvgIpc) is 3.26. The molecule has 16 nitrogen and oxygen atoms in total. The maximum absolute atomic E-state index is 12.7. The van der Waals surface area contributed by atoms with Crippen LogP contribution in [0, 0.1) is 0 Å². The molecule has 0 saturated heterocycles. The lowest BCUT2D eigenvalue weighted by Crippen LogP contribution is -2.49. The minimum atomic E-state index is -1.27. The Hall–Kier alpha value is -5.76. The summed E-state index contributed by atoms with van der Waals surface area (Å²) in [5.41, 5.74) is 5.18. The van der Waals surface area contributed by atoms with Crippen molar-refractivity contribution in [2.24, 2.45) is 4.99 Å². The number of carboxylic acids is 2. The molecule has 0 aliphatic heterocycles. The second-order valence-electron chi connectivity index (χ2n) is 13.4. The number of carbonyl (C=O) groups excluding carboxylic acids is 2. The number of carboxylic acid groups (broad SMARTS) is 2. The molecule has 0 aliphatic rings. The van der Waals surface area contributed by atoms with Crippen LogP contribution in [0.3, 0.4) is 0 Å². The van der Waals surface area contributed by atoms with Gasteiger partial charge in [-0.05, 0) is 52.6 Å². The number of aliphatic hydroxyl groups is 4. The van der Waals surface area contributed by atoms with Gasteiger partial charge in [0.25, 0.3) is 5.91 Å². The number of benzene rings is 2. The summed E-state index contributed by atoms with van der Waals surface area (Å²) in [4.78, 5) is 56.8. The van der Waals surface area contributed by atoms with Gasteiger partial charge in [-0.25, -0.2) is 9.59 Å². The summed E-state index contributed by atoms with van der Waals surface area (Å²) in [5, 5.41) is 61.3. The fourth-order valence-electron chi connectivity index (χ4n) is 5.58. The van der Waals surface area contributed by atoms with Gasteiger partial charge in [0, 0.05) is 67.4 Å². The number of carbonyl (C=O) groups is 4. The summed E-state index contributed by atoms with van der Waals surface area (Å²) in [6.45, 7) is 4.88. The molecule has 3 rings (SSSR count). The molecule has 0 radical (unpaired) electrons. The van der Waals surface area contributed by atoms with Gasteiger partial charge >= 0.3 is 11.9 Å². The Kier molecular flexibility index (Phi) is 23.4. The third kappa shape index (κ3) is 18.9. The van der Waals surface area contributed by atoms with Crippen LogP contribution in [0.5, 0.6) is 0 Å². The number of hydrogen-bond donors (Lipinski definition) is 8. The van der Waals surface area contributed by atoms with E-state index in [1.54, 1.807) is 35.2 Å². The zero-order valence-corrected chi connectivity index (χ0v) is 35.9. The number of aromatic nitrogens is 1. The molecular weight excluding hydrogens is 837 g/mol. The van der Waals surface area contributed by atoms with Crippen LogP contribution in [-0.4, -0.2) is 143 Å². The lowest BCUT2D eigenvalue weighted by Gasteiger charge is -2.22. The molecule has 8 N–H and O–H groups in total. The van der Waals surface area contributed by atoms with Crippen molar-refractivity contribution in [2.45, 2.75) is 18.6 Å². The van der Waals surface area contributed by atoms with E-state index in [4.69, 9.17) is 0 Å². The highest BCUT2D eigenvalue weighted by atomic mass is 33.1. The third-order valence-electron chi connectivity index (χ3n) is 8.84. The van der Waals surface area contributed by atoms with Gasteiger partial charge in [-0.1, -0.05) is 82.8 Å². The Morgan fingerprint density at radius 2 is 1.10 bits per heavy atom. The van der Waals surface area contributed by atoms with Crippen LogP contribution in [0.2, 0.25) is 0 Å².